The average molecular weight is 198 g/mol. The number of allylic oxidation sites excluding steroid dienone is 1. The summed E-state index contributed by atoms with van der Waals surface area (Å²) in [6.45, 7) is 13.4. The second kappa shape index (κ2) is 6.07. The largest absolute Gasteiger partial charge is 0.382 e. The summed E-state index contributed by atoms with van der Waals surface area (Å²) in [7, 11) is 0. The van der Waals surface area contributed by atoms with Gasteiger partial charge in [-0.15, -0.1) is 0 Å². The summed E-state index contributed by atoms with van der Waals surface area (Å²) in [5.74, 6) is 0.589. The molecule has 0 saturated heterocycles. The van der Waals surface area contributed by atoms with E-state index in [1.807, 2.05) is 0 Å². The normalized spacial score (nSPS) is 13.8. The molecule has 0 aromatic heterocycles. The first-order valence-corrected chi connectivity index (χ1v) is 5.63. The Morgan fingerprint density at radius 1 is 1.43 bits per heavy atom. The van der Waals surface area contributed by atoms with Gasteiger partial charge in [-0.2, -0.15) is 0 Å². The van der Waals surface area contributed by atoms with E-state index in [1.165, 1.54) is 12.8 Å². The lowest BCUT2D eigenvalue weighted by Gasteiger charge is -2.30. The third-order valence-electron chi connectivity index (χ3n) is 2.63. The van der Waals surface area contributed by atoms with Crippen molar-refractivity contribution in [1.82, 2.24) is 5.32 Å². The van der Waals surface area contributed by atoms with Crippen LogP contribution in [0, 0.1) is 5.92 Å². The van der Waals surface area contributed by atoms with E-state index in [9.17, 15) is 0 Å². The molecule has 0 aliphatic heterocycles. The van der Waals surface area contributed by atoms with Gasteiger partial charge in [-0.1, -0.05) is 26.8 Å². The van der Waals surface area contributed by atoms with Crippen molar-refractivity contribution >= 4 is 0 Å². The Morgan fingerprint density at radius 2 is 2.00 bits per heavy atom. The highest BCUT2D eigenvalue weighted by Gasteiger charge is 2.18. The molecule has 0 radical (unpaired) electrons. The molecule has 2 heteroatoms. The zero-order valence-electron chi connectivity index (χ0n) is 10.2. The monoisotopic (exact) mass is 198 g/mol. The van der Waals surface area contributed by atoms with Gasteiger partial charge in [-0.3, -0.25) is 0 Å². The molecule has 0 fully saturated rings. The van der Waals surface area contributed by atoms with Gasteiger partial charge in [0.25, 0.3) is 0 Å². The highest BCUT2D eigenvalue weighted by atomic mass is 15.0. The van der Waals surface area contributed by atoms with Crippen molar-refractivity contribution in [3.63, 3.8) is 0 Å². The molecule has 1 atom stereocenters. The summed E-state index contributed by atoms with van der Waals surface area (Å²) in [5, 5.41) is 3.42. The van der Waals surface area contributed by atoms with E-state index >= 15 is 0 Å². The Labute approximate surface area is 89.0 Å². The summed E-state index contributed by atoms with van der Waals surface area (Å²) in [6.07, 6.45) is 3.57. The van der Waals surface area contributed by atoms with Gasteiger partial charge in [0.15, 0.2) is 0 Å². The summed E-state index contributed by atoms with van der Waals surface area (Å²) in [6, 6.07) is 0. The summed E-state index contributed by atoms with van der Waals surface area (Å²) < 4.78 is 0. The van der Waals surface area contributed by atoms with Gasteiger partial charge in [0.05, 0.1) is 0 Å². The first kappa shape index (κ1) is 13.5. The molecule has 84 valence electrons. The maximum atomic E-state index is 5.67. The van der Waals surface area contributed by atoms with E-state index in [4.69, 9.17) is 5.73 Å². The molecular weight excluding hydrogens is 172 g/mol. The zero-order valence-corrected chi connectivity index (χ0v) is 10.2. The molecule has 0 aliphatic rings. The van der Waals surface area contributed by atoms with Crippen molar-refractivity contribution in [1.29, 1.82) is 0 Å². The van der Waals surface area contributed by atoms with Gasteiger partial charge in [0, 0.05) is 17.8 Å². The van der Waals surface area contributed by atoms with Gasteiger partial charge in [0.1, 0.15) is 0 Å². The number of hydrogen-bond acceptors (Lipinski definition) is 2. The SMILES string of the molecule is C=C(NC(C)(C)CN)C(CC)CCC. The van der Waals surface area contributed by atoms with Crippen molar-refractivity contribution in [2.45, 2.75) is 52.5 Å². The fourth-order valence-corrected chi connectivity index (χ4v) is 1.56. The molecule has 2 nitrogen and oxygen atoms in total. The van der Waals surface area contributed by atoms with Crippen LogP contribution in [0.2, 0.25) is 0 Å². The molecule has 3 N–H and O–H groups in total. The minimum absolute atomic E-state index is 0.0295. The predicted molar refractivity (Wildman–Crippen MR) is 64.1 cm³/mol. The second-order valence-corrected chi connectivity index (χ2v) is 4.63. The van der Waals surface area contributed by atoms with Gasteiger partial charge >= 0.3 is 0 Å². The van der Waals surface area contributed by atoms with Crippen molar-refractivity contribution in [3.05, 3.63) is 12.3 Å². The van der Waals surface area contributed by atoms with Crippen LogP contribution in [0.25, 0.3) is 0 Å². The first-order chi connectivity index (χ1) is 6.46. The van der Waals surface area contributed by atoms with Crippen LogP contribution < -0.4 is 11.1 Å². The number of hydrogen-bond donors (Lipinski definition) is 2. The number of rotatable bonds is 7. The van der Waals surface area contributed by atoms with Crippen LogP contribution in [0.4, 0.5) is 0 Å². The molecule has 14 heavy (non-hydrogen) atoms. The predicted octanol–water partition coefficient (Wildman–Crippen LogP) is 2.65. The molecule has 0 aromatic rings. The molecule has 0 heterocycles. The van der Waals surface area contributed by atoms with Gasteiger partial charge in [-0.05, 0) is 32.6 Å². The van der Waals surface area contributed by atoms with Crippen LogP contribution in [0.5, 0.6) is 0 Å². The molecule has 0 rings (SSSR count). The Kier molecular flexibility index (Phi) is 5.86. The quantitative estimate of drug-likeness (QED) is 0.660. The Balaban J connectivity index is 4.16. The van der Waals surface area contributed by atoms with Crippen LogP contribution in [-0.4, -0.2) is 12.1 Å². The molecule has 0 aromatic carbocycles. The van der Waals surface area contributed by atoms with Gasteiger partial charge in [0.2, 0.25) is 0 Å². The topological polar surface area (TPSA) is 38.0 Å². The average Bonchev–Trinajstić information content (AvgIpc) is 2.13. The summed E-state index contributed by atoms with van der Waals surface area (Å²) in [5.41, 5.74) is 6.78. The maximum Gasteiger partial charge on any atom is 0.0436 e. The van der Waals surface area contributed by atoms with Crippen LogP contribution >= 0.6 is 0 Å². The minimum atomic E-state index is -0.0295. The van der Waals surface area contributed by atoms with Crippen molar-refractivity contribution in [3.8, 4) is 0 Å². The van der Waals surface area contributed by atoms with E-state index in [2.05, 4.69) is 39.6 Å². The smallest absolute Gasteiger partial charge is 0.0436 e. The molecule has 1 unspecified atom stereocenters. The van der Waals surface area contributed by atoms with E-state index in [-0.39, 0.29) is 5.54 Å². The van der Waals surface area contributed by atoms with Crippen LogP contribution in [0.1, 0.15) is 47.0 Å². The lowest BCUT2D eigenvalue weighted by molar-refractivity contribution is 0.392. The number of nitrogens with two attached hydrogens (primary N) is 1. The van der Waals surface area contributed by atoms with Crippen LogP contribution in [0.15, 0.2) is 12.3 Å². The van der Waals surface area contributed by atoms with E-state index in [1.54, 1.807) is 0 Å². The Hall–Kier alpha value is -0.500. The number of nitrogens with one attached hydrogen (secondary N) is 1. The Morgan fingerprint density at radius 3 is 2.36 bits per heavy atom. The minimum Gasteiger partial charge on any atom is -0.382 e. The molecule has 0 bridgehead atoms. The molecule has 0 aliphatic carbocycles. The fraction of sp³-hybridized carbons (Fsp3) is 0.833. The third-order valence-corrected chi connectivity index (χ3v) is 2.63. The van der Waals surface area contributed by atoms with Crippen molar-refractivity contribution in [2.75, 3.05) is 6.54 Å². The van der Waals surface area contributed by atoms with E-state index in [0.29, 0.717) is 12.5 Å². The molecule has 0 saturated carbocycles. The molecular formula is C12H26N2. The van der Waals surface area contributed by atoms with E-state index in [0.717, 1.165) is 12.1 Å². The lowest BCUT2D eigenvalue weighted by Crippen LogP contribution is -2.46. The third kappa shape index (κ3) is 4.66. The van der Waals surface area contributed by atoms with Crippen molar-refractivity contribution < 1.29 is 0 Å². The lowest BCUT2D eigenvalue weighted by atomic mass is 9.95. The van der Waals surface area contributed by atoms with Crippen LogP contribution in [0.3, 0.4) is 0 Å². The van der Waals surface area contributed by atoms with Gasteiger partial charge < -0.3 is 11.1 Å². The Bertz CT molecular complexity index is 173. The second-order valence-electron chi connectivity index (χ2n) is 4.63. The zero-order chi connectivity index (χ0) is 11.2. The highest BCUT2D eigenvalue weighted by molar-refractivity contribution is 5.02. The van der Waals surface area contributed by atoms with E-state index < -0.39 is 0 Å². The maximum absolute atomic E-state index is 5.67. The van der Waals surface area contributed by atoms with Gasteiger partial charge in [-0.25, -0.2) is 0 Å². The summed E-state index contributed by atoms with van der Waals surface area (Å²) in [4.78, 5) is 0. The van der Waals surface area contributed by atoms with Crippen molar-refractivity contribution in [2.24, 2.45) is 11.7 Å². The molecule has 0 spiro atoms. The standard InChI is InChI=1S/C12H26N2/c1-6-8-11(7-2)10(3)14-12(4,5)9-13/h11,14H,3,6-9,13H2,1-2,4-5H3. The summed E-state index contributed by atoms with van der Waals surface area (Å²) >= 11 is 0. The molecule has 0 amide bonds. The highest BCUT2D eigenvalue weighted by Crippen LogP contribution is 2.19. The van der Waals surface area contributed by atoms with Crippen LogP contribution in [-0.2, 0) is 0 Å². The first-order valence-electron chi connectivity index (χ1n) is 5.63. The fourth-order valence-electron chi connectivity index (χ4n) is 1.56.